The zero-order valence-corrected chi connectivity index (χ0v) is 33.6. The molecule has 2 heterocycles. The summed E-state index contributed by atoms with van der Waals surface area (Å²) in [5, 5.41) is 4.70. The topological polar surface area (TPSA) is 34.0 Å². The van der Waals surface area contributed by atoms with Crippen molar-refractivity contribution < 1.29 is 21.1 Å². The Hall–Kier alpha value is -5.61. The third kappa shape index (κ3) is 6.93. The number of aromatic nitrogens is 3. The van der Waals surface area contributed by atoms with Gasteiger partial charge in [0, 0.05) is 22.9 Å². The Kier molecular flexibility index (Phi) is 11.3. The van der Waals surface area contributed by atoms with Gasteiger partial charge in [0.25, 0.3) is 0 Å². The molecule has 0 aliphatic heterocycles. The van der Waals surface area contributed by atoms with Crippen LogP contribution in [0, 0.1) is 12.1 Å². The van der Waals surface area contributed by atoms with Crippen molar-refractivity contribution in [1.82, 2.24) is 14.5 Å². The molecule has 0 fully saturated rings. The van der Waals surface area contributed by atoms with Crippen molar-refractivity contribution in [3.8, 4) is 16.9 Å². The van der Waals surface area contributed by atoms with Crippen LogP contribution in [0.1, 0.15) is 25.0 Å². The number of hydrogen-bond donors (Lipinski definition) is 0. The molecule has 0 amide bonds. The molecule has 0 spiro atoms. The number of rotatable bonds is 11. The van der Waals surface area contributed by atoms with E-state index in [0.29, 0.717) is 0 Å². The van der Waals surface area contributed by atoms with Crippen LogP contribution in [-0.4, -0.2) is 22.6 Å². The van der Waals surface area contributed by atoms with Gasteiger partial charge in [0.05, 0.1) is 12.0 Å². The molecule has 0 bridgehead atoms. The average Bonchev–Trinajstić information content (AvgIpc) is 3.73. The Morgan fingerprint density at radius 2 is 1.15 bits per heavy atom. The van der Waals surface area contributed by atoms with E-state index in [2.05, 4.69) is 199 Å². The van der Waals surface area contributed by atoms with E-state index >= 15 is 0 Å². The molecule has 6 aromatic carbocycles. The molecule has 54 heavy (non-hydrogen) atoms. The zero-order valence-electron chi connectivity index (χ0n) is 30.3. The summed E-state index contributed by atoms with van der Waals surface area (Å²) < 4.78 is 2.18. The van der Waals surface area contributed by atoms with Crippen LogP contribution >= 0.6 is 0 Å². The summed E-state index contributed by atoms with van der Waals surface area (Å²) in [6.07, 6.45) is 7.90. The zero-order chi connectivity index (χ0) is 36.0. The third-order valence-electron chi connectivity index (χ3n) is 10.0. The van der Waals surface area contributed by atoms with Crippen molar-refractivity contribution in [2.45, 2.75) is 26.7 Å². The fraction of sp³-hybridized carbons (Fsp3) is 0.0833. The molecule has 0 saturated carbocycles. The minimum Gasteiger partial charge on any atom is -0.352 e. The number of nitrogens with zero attached hydrogens (tertiary/aromatic N) is 4. The van der Waals surface area contributed by atoms with Gasteiger partial charge in [-0.2, -0.15) is 23.4 Å². The van der Waals surface area contributed by atoms with Gasteiger partial charge in [-0.1, -0.05) is 123 Å². The van der Waals surface area contributed by atoms with E-state index in [9.17, 15) is 0 Å². The maximum atomic E-state index is 5.07. The third-order valence-corrected chi connectivity index (χ3v) is 14.6. The fourth-order valence-electron chi connectivity index (χ4n) is 7.53. The minimum absolute atomic E-state index is 0. The average molecular weight is 896 g/mol. The van der Waals surface area contributed by atoms with E-state index in [1.54, 1.807) is 0 Å². The first-order valence-corrected chi connectivity index (χ1v) is 20.3. The van der Waals surface area contributed by atoms with Gasteiger partial charge in [-0.3, -0.25) is 9.97 Å². The van der Waals surface area contributed by atoms with Gasteiger partial charge in [-0.15, -0.1) is 35.9 Å². The number of imidazole rings is 1. The van der Waals surface area contributed by atoms with Crippen LogP contribution in [-0.2, 0) is 33.9 Å². The summed E-state index contributed by atoms with van der Waals surface area (Å²) in [7, 11) is -2.90. The second-order valence-electron chi connectivity index (χ2n) is 13.1. The molecule has 4 nitrogen and oxygen atoms in total. The van der Waals surface area contributed by atoms with Crippen LogP contribution in [0.25, 0.3) is 16.9 Å². The van der Waals surface area contributed by atoms with Gasteiger partial charge in [0.1, 0.15) is 0 Å². The summed E-state index contributed by atoms with van der Waals surface area (Å²) in [4.78, 5) is 12.2. The van der Waals surface area contributed by atoms with Crippen molar-refractivity contribution in [2.75, 3.05) is 4.90 Å². The van der Waals surface area contributed by atoms with Gasteiger partial charge in [0.2, 0.25) is 0 Å². The normalized spacial score (nSPS) is 11.1. The van der Waals surface area contributed by atoms with E-state index in [1.807, 2.05) is 18.6 Å². The van der Waals surface area contributed by atoms with Gasteiger partial charge in [-0.05, 0) is 70.5 Å². The largest absolute Gasteiger partial charge is 2.00 e. The van der Waals surface area contributed by atoms with Gasteiger partial charge in [-0.25, -0.2) is 0 Å². The van der Waals surface area contributed by atoms with Crippen LogP contribution in [0.5, 0.6) is 0 Å². The Morgan fingerprint density at radius 3 is 1.76 bits per heavy atom. The van der Waals surface area contributed by atoms with E-state index in [-0.39, 0.29) is 21.1 Å². The summed E-state index contributed by atoms with van der Waals surface area (Å²) in [5.74, 6) is 0. The molecule has 0 aliphatic rings. The quantitative estimate of drug-likeness (QED) is 0.0743. The van der Waals surface area contributed by atoms with Gasteiger partial charge < -0.3 is 9.47 Å². The number of benzene rings is 6. The fourth-order valence-corrected chi connectivity index (χ4v) is 12.0. The summed E-state index contributed by atoms with van der Waals surface area (Å²) in [5.41, 5.74) is 8.51. The number of pyridine rings is 1. The molecular weight excluding hydrogens is 856 g/mol. The molecule has 0 radical (unpaired) electrons. The van der Waals surface area contributed by atoms with Crippen LogP contribution in [0.15, 0.2) is 183 Å². The van der Waals surface area contributed by atoms with Crippen molar-refractivity contribution in [3.05, 3.63) is 206 Å². The van der Waals surface area contributed by atoms with Gasteiger partial charge in [0.15, 0.2) is 8.07 Å². The van der Waals surface area contributed by atoms with Crippen LogP contribution in [0.4, 0.5) is 17.1 Å². The Labute approximate surface area is 334 Å². The molecule has 266 valence electrons. The number of para-hydroxylation sites is 2. The molecule has 0 aliphatic carbocycles. The SMILES string of the molecule is CCc1cccc(CC)c1-n1cnc(-c2[c-]c(N(c3[c-]c([Si](c4ccccc4)(c4ccccc4)c4ccccn4)ccc3)c3ccccc3)ccc2)c1.[Pt+2]. The van der Waals surface area contributed by atoms with Crippen LogP contribution < -0.4 is 25.8 Å². The first-order chi connectivity index (χ1) is 26.2. The minimum atomic E-state index is -2.90. The predicted octanol–water partition coefficient (Wildman–Crippen LogP) is 8.50. The first kappa shape index (κ1) is 36.7. The smallest absolute Gasteiger partial charge is 0.352 e. The van der Waals surface area contributed by atoms with Crippen LogP contribution in [0.3, 0.4) is 0 Å². The Bertz CT molecular complexity index is 2310. The molecule has 0 N–H and O–H groups in total. The monoisotopic (exact) mass is 895 g/mol. The summed E-state index contributed by atoms with van der Waals surface area (Å²) in [6.45, 7) is 4.42. The number of anilines is 3. The maximum Gasteiger partial charge on any atom is 2.00 e. The van der Waals surface area contributed by atoms with Crippen molar-refractivity contribution >= 4 is 46.0 Å². The molecule has 2 aromatic heterocycles. The van der Waals surface area contributed by atoms with Crippen molar-refractivity contribution in [1.29, 1.82) is 0 Å². The van der Waals surface area contributed by atoms with Crippen LogP contribution in [0.2, 0.25) is 0 Å². The molecule has 6 heteroatoms. The molecule has 0 atom stereocenters. The van der Waals surface area contributed by atoms with E-state index in [1.165, 1.54) is 27.2 Å². The first-order valence-electron chi connectivity index (χ1n) is 18.3. The molecule has 8 rings (SSSR count). The Balaban J connectivity index is 0.00000450. The van der Waals surface area contributed by atoms with E-state index < -0.39 is 8.07 Å². The second-order valence-corrected chi connectivity index (χ2v) is 16.8. The summed E-state index contributed by atoms with van der Waals surface area (Å²) in [6, 6.07) is 65.7. The van der Waals surface area contributed by atoms with E-state index in [0.717, 1.165) is 51.7 Å². The molecule has 8 aromatic rings. The van der Waals surface area contributed by atoms with Crippen molar-refractivity contribution in [2.24, 2.45) is 0 Å². The number of aryl methyl sites for hydroxylation is 2. The predicted molar refractivity (Wildman–Crippen MR) is 222 cm³/mol. The molecule has 0 saturated heterocycles. The van der Waals surface area contributed by atoms with Crippen molar-refractivity contribution in [3.63, 3.8) is 0 Å². The standard InChI is InChI=1S/C48H40N4Si.Pt/c1-3-37-19-16-20-38(4-2)48(37)51-35-46(50-36-51)39-21-17-24-41(33-39)52(40-22-8-5-9-23-40)42-25-18-30-45(34-42)53(43-26-10-6-11-27-43,44-28-12-7-13-29-44)47-31-14-15-32-49-47;/h5-32,35-36H,3-4H2,1-2H3;/q-2;+2. The maximum absolute atomic E-state index is 5.07. The van der Waals surface area contributed by atoms with E-state index in [4.69, 9.17) is 9.97 Å². The summed E-state index contributed by atoms with van der Waals surface area (Å²) >= 11 is 0. The molecule has 0 unspecified atom stereocenters. The Morgan fingerprint density at radius 1 is 0.574 bits per heavy atom. The number of hydrogen-bond acceptors (Lipinski definition) is 3. The van der Waals surface area contributed by atoms with Gasteiger partial charge >= 0.3 is 21.1 Å². The molecular formula is C48H40N4PtSi. The second kappa shape index (κ2) is 16.6.